The zero-order valence-corrected chi connectivity index (χ0v) is 15.2. The number of nitrogens with zero attached hydrogens (tertiary/aromatic N) is 3. The van der Waals surface area contributed by atoms with Crippen LogP contribution in [0.4, 0.5) is 0 Å². The van der Waals surface area contributed by atoms with Crippen LogP contribution in [0.5, 0.6) is 0 Å². The number of rotatable bonds is 5. The smallest absolute Gasteiger partial charge is 0.237 e. The molecule has 1 aromatic heterocycles. The van der Waals surface area contributed by atoms with Crippen molar-refractivity contribution in [3.05, 3.63) is 18.2 Å². The molecule has 1 atom stereocenters. The molecule has 24 heavy (non-hydrogen) atoms. The lowest BCUT2D eigenvalue weighted by Crippen LogP contribution is -2.41. The van der Waals surface area contributed by atoms with Crippen LogP contribution in [-0.2, 0) is 17.9 Å². The van der Waals surface area contributed by atoms with Crippen molar-refractivity contribution in [3.63, 3.8) is 0 Å². The minimum Gasteiger partial charge on any atom is -0.349 e. The molecule has 1 spiro atoms. The van der Waals surface area contributed by atoms with Gasteiger partial charge >= 0.3 is 0 Å². The third-order valence-electron chi connectivity index (χ3n) is 5.51. The molecule has 0 saturated carbocycles. The maximum absolute atomic E-state index is 12.7. The molecule has 0 radical (unpaired) electrons. The van der Waals surface area contributed by atoms with Gasteiger partial charge in [0.2, 0.25) is 5.91 Å². The van der Waals surface area contributed by atoms with Crippen molar-refractivity contribution in [3.8, 4) is 0 Å². The Hall–Kier alpha value is -1.40. The standard InChI is InChI=1S/C18H31N5O/c1-14(2)11-23-13-20-9-15(23)10-21-17(24)16-8-18(12-22(16)3)4-6-19-7-5-18/h9,13-14,16,19H,4-8,10-12H2,1-3H3,(H,21,24). The minimum absolute atomic E-state index is 0.00423. The summed E-state index contributed by atoms with van der Waals surface area (Å²) < 4.78 is 2.14. The highest BCUT2D eigenvalue weighted by molar-refractivity contribution is 5.82. The van der Waals surface area contributed by atoms with Crippen LogP contribution >= 0.6 is 0 Å². The molecule has 0 aromatic carbocycles. The maximum atomic E-state index is 12.7. The Balaban J connectivity index is 1.56. The van der Waals surface area contributed by atoms with Crippen LogP contribution in [0.15, 0.2) is 12.5 Å². The number of hydrogen-bond acceptors (Lipinski definition) is 4. The van der Waals surface area contributed by atoms with E-state index < -0.39 is 0 Å². The molecule has 3 rings (SSSR count). The maximum Gasteiger partial charge on any atom is 0.237 e. The molecule has 134 valence electrons. The van der Waals surface area contributed by atoms with E-state index in [-0.39, 0.29) is 11.9 Å². The number of nitrogens with one attached hydrogen (secondary N) is 2. The first-order valence-corrected chi connectivity index (χ1v) is 9.17. The Kier molecular flexibility index (Phi) is 5.25. The van der Waals surface area contributed by atoms with E-state index in [1.165, 1.54) is 12.8 Å². The van der Waals surface area contributed by atoms with Gasteiger partial charge in [0.15, 0.2) is 0 Å². The first-order valence-electron chi connectivity index (χ1n) is 9.17. The number of likely N-dealkylation sites (N-methyl/N-ethyl adjacent to an activating group) is 1. The van der Waals surface area contributed by atoms with Crippen molar-refractivity contribution in [1.82, 2.24) is 25.1 Å². The van der Waals surface area contributed by atoms with Crippen LogP contribution in [0.2, 0.25) is 0 Å². The molecule has 2 aliphatic heterocycles. The highest BCUT2D eigenvalue weighted by Gasteiger charge is 2.45. The van der Waals surface area contributed by atoms with E-state index in [2.05, 4.69) is 46.0 Å². The van der Waals surface area contributed by atoms with Crippen molar-refractivity contribution in [2.75, 3.05) is 26.7 Å². The number of likely N-dealkylation sites (tertiary alicyclic amines) is 1. The van der Waals surface area contributed by atoms with Gasteiger partial charge in [0.25, 0.3) is 0 Å². The highest BCUT2D eigenvalue weighted by atomic mass is 16.2. The third-order valence-corrected chi connectivity index (χ3v) is 5.51. The van der Waals surface area contributed by atoms with E-state index in [0.717, 1.165) is 38.3 Å². The van der Waals surface area contributed by atoms with Gasteiger partial charge in [-0.3, -0.25) is 9.69 Å². The van der Waals surface area contributed by atoms with E-state index in [1.807, 2.05) is 12.5 Å². The summed E-state index contributed by atoms with van der Waals surface area (Å²) in [7, 11) is 2.09. The fourth-order valence-electron chi connectivity index (χ4n) is 4.23. The summed E-state index contributed by atoms with van der Waals surface area (Å²) in [5, 5.41) is 6.57. The summed E-state index contributed by atoms with van der Waals surface area (Å²) >= 11 is 0. The van der Waals surface area contributed by atoms with E-state index in [4.69, 9.17) is 0 Å². The van der Waals surface area contributed by atoms with Gasteiger partial charge in [-0.2, -0.15) is 0 Å². The van der Waals surface area contributed by atoms with Crippen molar-refractivity contribution in [2.45, 2.75) is 52.2 Å². The minimum atomic E-state index is 0.00423. The van der Waals surface area contributed by atoms with Crippen LogP contribution in [-0.4, -0.2) is 53.1 Å². The van der Waals surface area contributed by atoms with Gasteiger partial charge in [0, 0.05) is 19.3 Å². The monoisotopic (exact) mass is 333 g/mol. The number of hydrogen-bond donors (Lipinski definition) is 2. The summed E-state index contributed by atoms with van der Waals surface area (Å²) in [4.78, 5) is 19.2. The number of aromatic nitrogens is 2. The summed E-state index contributed by atoms with van der Waals surface area (Å²) in [5.74, 6) is 0.722. The largest absolute Gasteiger partial charge is 0.349 e. The van der Waals surface area contributed by atoms with Gasteiger partial charge in [0.1, 0.15) is 0 Å². The molecule has 2 aliphatic rings. The fraction of sp³-hybridized carbons (Fsp3) is 0.778. The molecular weight excluding hydrogens is 302 g/mol. The summed E-state index contributed by atoms with van der Waals surface area (Å²) in [5.41, 5.74) is 1.41. The van der Waals surface area contributed by atoms with E-state index in [9.17, 15) is 4.79 Å². The van der Waals surface area contributed by atoms with Crippen LogP contribution in [0.25, 0.3) is 0 Å². The van der Waals surface area contributed by atoms with Gasteiger partial charge in [-0.1, -0.05) is 13.8 Å². The molecule has 2 saturated heterocycles. The van der Waals surface area contributed by atoms with E-state index >= 15 is 0 Å². The number of carbonyl (C=O) groups excluding carboxylic acids is 1. The number of carbonyl (C=O) groups is 1. The predicted octanol–water partition coefficient (Wildman–Crippen LogP) is 1.23. The van der Waals surface area contributed by atoms with Crippen molar-refractivity contribution in [1.29, 1.82) is 0 Å². The van der Waals surface area contributed by atoms with Gasteiger partial charge in [-0.25, -0.2) is 4.98 Å². The van der Waals surface area contributed by atoms with Gasteiger partial charge in [-0.15, -0.1) is 0 Å². The number of amides is 1. The van der Waals surface area contributed by atoms with Crippen molar-refractivity contribution in [2.24, 2.45) is 11.3 Å². The van der Waals surface area contributed by atoms with Crippen LogP contribution in [0.3, 0.4) is 0 Å². The van der Waals surface area contributed by atoms with Gasteiger partial charge in [-0.05, 0) is 50.7 Å². The highest BCUT2D eigenvalue weighted by Crippen LogP contribution is 2.41. The SMILES string of the molecule is CC(C)Cn1cncc1CNC(=O)C1CC2(CCNCC2)CN1C. The Labute approximate surface area is 145 Å². The second kappa shape index (κ2) is 7.23. The Morgan fingerprint density at radius 2 is 2.21 bits per heavy atom. The Morgan fingerprint density at radius 1 is 1.46 bits per heavy atom. The fourth-order valence-corrected chi connectivity index (χ4v) is 4.23. The lowest BCUT2D eigenvalue weighted by atomic mass is 9.77. The summed E-state index contributed by atoms with van der Waals surface area (Å²) in [6.07, 6.45) is 7.06. The molecular formula is C18H31N5O. The molecule has 2 fully saturated rings. The van der Waals surface area contributed by atoms with Crippen molar-refractivity contribution < 1.29 is 4.79 Å². The third kappa shape index (κ3) is 3.81. The quantitative estimate of drug-likeness (QED) is 0.851. The lowest BCUT2D eigenvalue weighted by Gasteiger charge is -2.33. The molecule has 0 bridgehead atoms. The normalized spacial score (nSPS) is 23.9. The molecule has 1 amide bonds. The average molecular weight is 333 g/mol. The molecule has 6 nitrogen and oxygen atoms in total. The van der Waals surface area contributed by atoms with E-state index in [0.29, 0.717) is 17.9 Å². The Morgan fingerprint density at radius 3 is 2.92 bits per heavy atom. The van der Waals surface area contributed by atoms with Gasteiger partial charge < -0.3 is 15.2 Å². The topological polar surface area (TPSA) is 62.2 Å². The van der Waals surface area contributed by atoms with Crippen LogP contribution < -0.4 is 10.6 Å². The van der Waals surface area contributed by atoms with E-state index in [1.54, 1.807) is 0 Å². The first kappa shape index (κ1) is 17.4. The van der Waals surface area contributed by atoms with Crippen LogP contribution in [0, 0.1) is 11.3 Å². The number of piperidine rings is 1. The zero-order chi connectivity index (χ0) is 17.2. The molecule has 1 unspecified atom stereocenters. The zero-order valence-electron chi connectivity index (χ0n) is 15.2. The number of imidazole rings is 1. The molecule has 3 heterocycles. The second-order valence-corrected chi connectivity index (χ2v) is 8.03. The van der Waals surface area contributed by atoms with Crippen LogP contribution in [0.1, 0.15) is 38.8 Å². The predicted molar refractivity (Wildman–Crippen MR) is 94.5 cm³/mol. The molecule has 1 aromatic rings. The summed E-state index contributed by atoms with van der Waals surface area (Å²) in [6.45, 7) is 9.07. The Bertz CT molecular complexity index is 562. The molecule has 0 aliphatic carbocycles. The second-order valence-electron chi connectivity index (χ2n) is 8.03. The molecule has 6 heteroatoms. The average Bonchev–Trinajstić information content (AvgIpc) is 3.10. The molecule has 2 N–H and O–H groups in total. The summed E-state index contributed by atoms with van der Waals surface area (Å²) in [6, 6.07) is 0.00423. The lowest BCUT2D eigenvalue weighted by molar-refractivity contribution is -0.125. The van der Waals surface area contributed by atoms with Gasteiger partial charge in [0.05, 0.1) is 24.6 Å². The van der Waals surface area contributed by atoms with Crippen molar-refractivity contribution >= 4 is 5.91 Å². The first-order chi connectivity index (χ1) is 11.5.